The number of fused-ring (bicyclic) bond motifs is 4. The van der Waals surface area contributed by atoms with Gasteiger partial charge in [0, 0.05) is 55.4 Å². The van der Waals surface area contributed by atoms with Crippen molar-refractivity contribution >= 4 is 38.9 Å². The Morgan fingerprint density at radius 3 is 2.63 bits per heavy atom. The number of pyridine rings is 1. The van der Waals surface area contributed by atoms with Crippen LogP contribution in [-0.4, -0.2) is 53.2 Å². The number of hydrogen-bond acceptors (Lipinski definition) is 7. The molecule has 2 aliphatic heterocycles. The molecule has 12 heteroatoms. The van der Waals surface area contributed by atoms with E-state index in [9.17, 15) is 13.2 Å². The first kappa shape index (κ1) is 23.2. The first-order valence-electron chi connectivity index (χ1n) is 11.1. The van der Waals surface area contributed by atoms with E-state index in [-0.39, 0.29) is 28.1 Å². The average Bonchev–Trinajstić information content (AvgIpc) is 2.85. The number of aromatic nitrogens is 3. The largest absolute Gasteiger partial charge is 0.478 e. The molecule has 2 aromatic heterocycles. The molecule has 0 unspecified atom stereocenters. The number of nitrogens with one attached hydrogen (secondary N) is 2. The van der Waals surface area contributed by atoms with Gasteiger partial charge < -0.3 is 19.5 Å². The van der Waals surface area contributed by atoms with Crippen molar-refractivity contribution in [1.82, 2.24) is 19.4 Å². The van der Waals surface area contributed by atoms with Crippen LogP contribution in [0.15, 0.2) is 64.5 Å². The molecule has 0 amide bonds. The first-order valence-corrected chi connectivity index (χ1v) is 13.0. The molecule has 0 radical (unpaired) electrons. The van der Waals surface area contributed by atoms with E-state index in [1.54, 1.807) is 18.2 Å². The fraction of sp³-hybridized carbons (Fsp3) is 0.304. The molecule has 1 aromatic carbocycles. The smallest absolute Gasteiger partial charge is 0.263 e. The SMILES string of the molecule is COc1nccnc1NS(=O)(=O)c1ccc(NC(=S)N2C[C@H]3C[C@@H](C2)c2cccc(=O)n2C3)cc1. The number of methoxy groups -OCH3 is 1. The van der Waals surface area contributed by atoms with Crippen LogP contribution in [-0.2, 0) is 16.6 Å². The fourth-order valence-corrected chi connectivity index (χ4v) is 5.99. The maximum atomic E-state index is 12.8. The van der Waals surface area contributed by atoms with Crippen molar-refractivity contribution in [2.24, 2.45) is 5.92 Å². The van der Waals surface area contributed by atoms with E-state index in [4.69, 9.17) is 17.0 Å². The van der Waals surface area contributed by atoms with Crippen LogP contribution in [0.5, 0.6) is 5.88 Å². The molecule has 5 rings (SSSR count). The topological polar surface area (TPSA) is 118 Å². The lowest BCUT2D eigenvalue weighted by Gasteiger charge is -2.43. The number of ether oxygens (including phenoxy) is 1. The van der Waals surface area contributed by atoms with Gasteiger partial charge in [-0.2, -0.15) is 0 Å². The van der Waals surface area contributed by atoms with Gasteiger partial charge in [0.2, 0.25) is 5.82 Å². The summed E-state index contributed by atoms with van der Waals surface area (Å²) in [6.45, 7) is 2.18. The summed E-state index contributed by atoms with van der Waals surface area (Å²) in [4.78, 5) is 22.4. The van der Waals surface area contributed by atoms with Crippen molar-refractivity contribution in [2.45, 2.75) is 23.8 Å². The number of sulfonamides is 1. The Bertz CT molecular complexity index is 1420. The second-order valence-corrected chi connectivity index (χ2v) is 10.6. The Kier molecular flexibility index (Phi) is 6.15. The van der Waals surface area contributed by atoms with Gasteiger partial charge in [0.1, 0.15) is 0 Å². The molecule has 2 bridgehead atoms. The van der Waals surface area contributed by atoms with Gasteiger partial charge >= 0.3 is 0 Å². The van der Waals surface area contributed by atoms with Crippen LogP contribution in [0.1, 0.15) is 18.0 Å². The number of benzene rings is 1. The first-order chi connectivity index (χ1) is 16.8. The highest BCUT2D eigenvalue weighted by Gasteiger charge is 2.35. The zero-order chi connectivity index (χ0) is 24.6. The standard InChI is InChI=1S/C23H24N6O4S2/c1-33-22-21(24-9-10-25-22)27-35(31,32)18-7-5-17(6-8-18)26-23(34)28-12-15-11-16(14-28)19-3-2-4-20(30)29(19)13-15/h2-10,15-16H,11-14H2,1H3,(H,24,27)(H,26,34)/t15-,16+/m1/s1. The quantitative estimate of drug-likeness (QED) is 0.496. The molecule has 2 atom stereocenters. The van der Waals surface area contributed by atoms with Crippen LogP contribution in [0, 0.1) is 5.92 Å². The summed E-state index contributed by atoms with van der Waals surface area (Å²) < 4.78 is 34.9. The molecule has 4 heterocycles. The molecule has 0 aliphatic carbocycles. The summed E-state index contributed by atoms with van der Waals surface area (Å²) in [7, 11) is -2.50. The Morgan fingerprint density at radius 1 is 1.09 bits per heavy atom. The highest BCUT2D eigenvalue weighted by Crippen LogP contribution is 2.35. The molecule has 0 saturated carbocycles. The molecule has 2 N–H and O–H groups in total. The van der Waals surface area contributed by atoms with E-state index < -0.39 is 10.0 Å². The lowest BCUT2D eigenvalue weighted by molar-refractivity contribution is 0.180. The lowest BCUT2D eigenvalue weighted by Crippen LogP contribution is -2.50. The summed E-state index contributed by atoms with van der Waals surface area (Å²) in [5.74, 6) is 0.682. The van der Waals surface area contributed by atoms with Crippen molar-refractivity contribution in [3.63, 3.8) is 0 Å². The number of hydrogen-bond donors (Lipinski definition) is 2. The van der Waals surface area contributed by atoms with Crippen LogP contribution in [0.2, 0.25) is 0 Å². The van der Waals surface area contributed by atoms with Crippen molar-refractivity contribution in [3.8, 4) is 5.88 Å². The predicted octanol–water partition coefficient (Wildman–Crippen LogP) is 2.26. The van der Waals surface area contributed by atoms with Gasteiger partial charge in [0.25, 0.3) is 21.5 Å². The van der Waals surface area contributed by atoms with Crippen LogP contribution in [0.25, 0.3) is 0 Å². The zero-order valence-electron chi connectivity index (χ0n) is 18.9. The molecule has 182 valence electrons. The van der Waals surface area contributed by atoms with Crippen LogP contribution in [0.3, 0.4) is 0 Å². The maximum Gasteiger partial charge on any atom is 0.263 e. The maximum absolute atomic E-state index is 12.8. The van der Waals surface area contributed by atoms with Gasteiger partial charge in [-0.1, -0.05) is 6.07 Å². The number of rotatable bonds is 5. The Hall–Kier alpha value is -3.51. The monoisotopic (exact) mass is 512 g/mol. The average molecular weight is 513 g/mol. The normalized spacial score (nSPS) is 18.9. The third kappa shape index (κ3) is 4.71. The minimum Gasteiger partial charge on any atom is -0.478 e. The lowest BCUT2D eigenvalue weighted by atomic mass is 9.83. The van der Waals surface area contributed by atoms with Gasteiger partial charge in [0.05, 0.1) is 12.0 Å². The number of nitrogens with zero attached hydrogens (tertiary/aromatic N) is 4. The van der Waals surface area contributed by atoms with Crippen LogP contribution >= 0.6 is 12.2 Å². The Balaban J connectivity index is 1.26. The third-order valence-corrected chi connectivity index (χ3v) is 7.99. The summed E-state index contributed by atoms with van der Waals surface area (Å²) >= 11 is 5.67. The number of likely N-dealkylation sites (tertiary alicyclic amines) is 1. The van der Waals surface area contributed by atoms with E-state index in [0.717, 1.165) is 25.2 Å². The highest BCUT2D eigenvalue weighted by molar-refractivity contribution is 7.92. The molecule has 2 aliphatic rings. The molecule has 10 nitrogen and oxygen atoms in total. The van der Waals surface area contributed by atoms with Crippen molar-refractivity contribution in [1.29, 1.82) is 0 Å². The molecular weight excluding hydrogens is 488 g/mol. The molecule has 1 saturated heterocycles. The van der Waals surface area contributed by atoms with Gasteiger partial charge in [-0.05, 0) is 54.9 Å². The summed E-state index contributed by atoms with van der Waals surface area (Å²) in [6.07, 6.45) is 3.83. The van der Waals surface area contributed by atoms with Crippen LogP contribution in [0.4, 0.5) is 11.5 Å². The number of anilines is 2. The van der Waals surface area contributed by atoms with E-state index in [2.05, 4.69) is 24.9 Å². The molecular formula is C23H24N6O4S2. The van der Waals surface area contributed by atoms with Gasteiger partial charge in [-0.25, -0.2) is 18.4 Å². The van der Waals surface area contributed by atoms with Crippen LogP contribution < -0.4 is 20.3 Å². The fourth-order valence-electron chi connectivity index (χ4n) is 4.71. The minimum absolute atomic E-state index is 0.0119. The second kappa shape index (κ2) is 9.27. The van der Waals surface area contributed by atoms with E-state index in [1.807, 2.05) is 16.7 Å². The summed E-state index contributed by atoms with van der Waals surface area (Å²) in [5, 5.41) is 3.79. The molecule has 3 aromatic rings. The highest BCUT2D eigenvalue weighted by atomic mass is 32.2. The van der Waals surface area contributed by atoms with Gasteiger partial charge in [-0.3, -0.25) is 9.52 Å². The Morgan fingerprint density at radius 2 is 1.86 bits per heavy atom. The van der Waals surface area contributed by atoms with E-state index in [1.165, 1.54) is 31.6 Å². The van der Waals surface area contributed by atoms with Crippen molar-refractivity contribution in [3.05, 3.63) is 70.9 Å². The minimum atomic E-state index is -3.89. The van der Waals surface area contributed by atoms with Gasteiger partial charge in [0.15, 0.2) is 5.11 Å². The molecule has 1 fully saturated rings. The van der Waals surface area contributed by atoms with Gasteiger partial charge in [-0.15, -0.1) is 0 Å². The predicted molar refractivity (Wildman–Crippen MR) is 135 cm³/mol. The van der Waals surface area contributed by atoms with E-state index >= 15 is 0 Å². The van der Waals surface area contributed by atoms with Crippen molar-refractivity contribution < 1.29 is 13.2 Å². The molecule has 0 spiro atoms. The number of piperidine rings is 1. The van der Waals surface area contributed by atoms with E-state index in [0.29, 0.717) is 23.3 Å². The summed E-state index contributed by atoms with van der Waals surface area (Å²) in [6, 6.07) is 11.7. The zero-order valence-corrected chi connectivity index (χ0v) is 20.6. The summed E-state index contributed by atoms with van der Waals surface area (Å²) in [5.41, 5.74) is 1.79. The second-order valence-electron chi connectivity index (χ2n) is 8.58. The van der Waals surface area contributed by atoms with Crippen molar-refractivity contribution in [2.75, 3.05) is 30.2 Å². The molecule has 35 heavy (non-hydrogen) atoms. The Labute approximate surface area is 208 Å². The number of thiocarbonyl (C=S) groups is 1. The third-order valence-electron chi connectivity index (χ3n) is 6.27.